The van der Waals surface area contributed by atoms with Crippen LogP contribution in [0.3, 0.4) is 0 Å². The van der Waals surface area contributed by atoms with Crippen LogP contribution in [0.25, 0.3) is 0 Å². The molecule has 15 heavy (non-hydrogen) atoms. The summed E-state index contributed by atoms with van der Waals surface area (Å²) in [5, 5.41) is 7.99. The summed E-state index contributed by atoms with van der Waals surface area (Å²) in [6, 6.07) is 3.46. The Hall–Kier alpha value is -0.830. The van der Waals surface area contributed by atoms with Crippen LogP contribution in [0, 0.1) is 5.92 Å². The van der Waals surface area contributed by atoms with Crippen LogP contribution in [0.5, 0.6) is 5.88 Å². The fourth-order valence-electron chi connectivity index (χ4n) is 1.94. The predicted molar refractivity (Wildman–Crippen MR) is 59.1 cm³/mol. The van der Waals surface area contributed by atoms with Crippen LogP contribution < -0.4 is 4.74 Å². The molecule has 1 saturated carbocycles. The summed E-state index contributed by atoms with van der Waals surface area (Å²) in [6.45, 7) is 0.760. The minimum atomic E-state index is 0.403. The molecule has 0 spiro atoms. The van der Waals surface area contributed by atoms with Gasteiger partial charge in [-0.1, -0.05) is 30.9 Å². The van der Waals surface area contributed by atoms with Gasteiger partial charge in [0.15, 0.2) is 5.15 Å². The van der Waals surface area contributed by atoms with Crippen molar-refractivity contribution < 1.29 is 4.74 Å². The molecule has 1 aliphatic carbocycles. The molecule has 1 heterocycles. The van der Waals surface area contributed by atoms with Gasteiger partial charge in [-0.05, 0) is 24.8 Å². The standard InChI is InChI=1S/C11H15ClN2O/c12-10-6-7-11(14-13-10)15-8-9-4-2-1-3-5-9/h6-7,9H,1-5,8H2. The Morgan fingerprint density at radius 3 is 2.67 bits per heavy atom. The number of nitrogens with zero attached hydrogens (tertiary/aromatic N) is 2. The molecule has 0 saturated heterocycles. The van der Waals surface area contributed by atoms with Crippen molar-refractivity contribution >= 4 is 11.6 Å². The molecule has 0 bridgehead atoms. The highest BCUT2D eigenvalue weighted by atomic mass is 35.5. The molecule has 0 radical (unpaired) electrons. The fraction of sp³-hybridized carbons (Fsp3) is 0.636. The van der Waals surface area contributed by atoms with Crippen molar-refractivity contribution in [3.8, 4) is 5.88 Å². The highest BCUT2D eigenvalue weighted by Gasteiger charge is 2.14. The number of hydrogen-bond donors (Lipinski definition) is 0. The second-order valence-corrected chi connectivity index (χ2v) is 4.40. The Morgan fingerprint density at radius 1 is 1.20 bits per heavy atom. The molecule has 2 rings (SSSR count). The lowest BCUT2D eigenvalue weighted by Gasteiger charge is -2.21. The van der Waals surface area contributed by atoms with Gasteiger partial charge in [-0.2, -0.15) is 0 Å². The van der Waals surface area contributed by atoms with E-state index in [0.717, 1.165) is 6.61 Å². The number of halogens is 1. The monoisotopic (exact) mass is 226 g/mol. The second-order valence-electron chi connectivity index (χ2n) is 4.01. The highest BCUT2D eigenvalue weighted by Crippen LogP contribution is 2.24. The smallest absolute Gasteiger partial charge is 0.233 e. The summed E-state index contributed by atoms with van der Waals surface area (Å²) < 4.78 is 5.57. The lowest BCUT2D eigenvalue weighted by molar-refractivity contribution is 0.201. The molecule has 0 amide bonds. The first-order chi connectivity index (χ1) is 7.34. The molecule has 0 unspecified atom stereocenters. The third kappa shape index (κ3) is 3.34. The van der Waals surface area contributed by atoms with Crippen molar-refractivity contribution in [1.82, 2.24) is 10.2 Å². The van der Waals surface area contributed by atoms with Gasteiger partial charge in [0.25, 0.3) is 0 Å². The van der Waals surface area contributed by atoms with Crippen LogP contribution in [0.4, 0.5) is 0 Å². The van der Waals surface area contributed by atoms with E-state index in [1.54, 1.807) is 12.1 Å². The van der Waals surface area contributed by atoms with E-state index < -0.39 is 0 Å². The summed E-state index contributed by atoms with van der Waals surface area (Å²) in [4.78, 5) is 0. The van der Waals surface area contributed by atoms with Crippen molar-refractivity contribution in [3.63, 3.8) is 0 Å². The third-order valence-electron chi connectivity index (χ3n) is 2.80. The first-order valence-corrected chi connectivity index (χ1v) is 5.84. The summed E-state index contributed by atoms with van der Waals surface area (Å²) in [5.41, 5.74) is 0. The Bertz CT molecular complexity index is 296. The molecule has 0 aliphatic heterocycles. The van der Waals surface area contributed by atoms with E-state index in [9.17, 15) is 0 Å². The largest absolute Gasteiger partial charge is 0.476 e. The molecule has 0 aromatic carbocycles. The van der Waals surface area contributed by atoms with Crippen LogP contribution in [0.2, 0.25) is 5.15 Å². The number of hydrogen-bond acceptors (Lipinski definition) is 3. The molecule has 4 heteroatoms. The lowest BCUT2D eigenvalue weighted by Crippen LogP contribution is -2.15. The summed E-state index contributed by atoms with van der Waals surface area (Å²) in [5.74, 6) is 1.27. The van der Waals surface area contributed by atoms with Gasteiger partial charge < -0.3 is 4.74 Å². The number of rotatable bonds is 3. The molecular formula is C11H15ClN2O. The van der Waals surface area contributed by atoms with Crippen LogP contribution in [-0.2, 0) is 0 Å². The van der Waals surface area contributed by atoms with Crippen molar-refractivity contribution in [2.75, 3.05) is 6.61 Å². The van der Waals surface area contributed by atoms with Crippen LogP contribution in [-0.4, -0.2) is 16.8 Å². The molecule has 1 aromatic rings. The zero-order valence-electron chi connectivity index (χ0n) is 8.66. The van der Waals surface area contributed by atoms with E-state index >= 15 is 0 Å². The summed E-state index contributed by atoms with van der Waals surface area (Å²) in [6.07, 6.45) is 6.60. The molecule has 3 nitrogen and oxygen atoms in total. The minimum Gasteiger partial charge on any atom is -0.476 e. The highest BCUT2D eigenvalue weighted by molar-refractivity contribution is 6.29. The third-order valence-corrected chi connectivity index (χ3v) is 3.00. The lowest BCUT2D eigenvalue weighted by atomic mass is 9.90. The molecule has 1 aromatic heterocycles. The van der Waals surface area contributed by atoms with Gasteiger partial charge in [-0.15, -0.1) is 10.2 Å². The van der Waals surface area contributed by atoms with Gasteiger partial charge in [0.05, 0.1) is 6.61 Å². The van der Waals surface area contributed by atoms with Crippen molar-refractivity contribution in [3.05, 3.63) is 17.3 Å². The predicted octanol–water partition coefficient (Wildman–Crippen LogP) is 3.09. The normalized spacial score (nSPS) is 17.7. The average molecular weight is 227 g/mol. The SMILES string of the molecule is Clc1ccc(OCC2CCCCC2)nn1. The topological polar surface area (TPSA) is 35.0 Å². The van der Waals surface area contributed by atoms with Crippen LogP contribution in [0.15, 0.2) is 12.1 Å². The van der Waals surface area contributed by atoms with E-state index in [-0.39, 0.29) is 0 Å². The Balaban J connectivity index is 1.79. The van der Waals surface area contributed by atoms with Crippen molar-refractivity contribution in [2.24, 2.45) is 5.92 Å². The van der Waals surface area contributed by atoms with Gasteiger partial charge in [0.2, 0.25) is 5.88 Å². The van der Waals surface area contributed by atoms with Crippen molar-refractivity contribution in [2.45, 2.75) is 32.1 Å². The van der Waals surface area contributed by atoms with Gasteiger partial charge in [-0.25, -0.2) is 0 Å². The molecular weight excluding hydrogens is 212 g/mol. The van der Waals surface area contributed by atoms with Crippen LogP contribution in [0.1, 0.15) is 32.1 Å². The van der Waals surface area contributed by atoms with Crippen LogP contribution >= 0.6 is 11.6 Å². The number of ether oxygens (including phenoxy) is 1. The van der Waals surface area contributed by atoms with E-state index in [4.69, 9.17) is 16.3 Å². The number of aromatic nitrogens is 2. The molecule has 1 fully saturated rings. The van der Waals surface area contributed by atoms with E-state index in [1.165, 1.54) is 32.1 Å². The van der Waals surface area contributed by atoms with Crippen molar-refractivity contribution in [1.29, 1.82) is 0 Å². The van der Waals surface area contributed by atoms with Gasteiger partial charge >= 0.3 is 0 Å². The molecule has 82 valence electrons. The minimum absolute atomic E-state index is 0.403. The average Bonchev–Trinajstić information content (AvgIpc) is 2.30. The van der Waals surface area contributed by atoms with Gasteiger partial charge in [0, 0.05) is 6.07 Å². The zero-order chi connectivity index (χ0) is 10.5. The first kappa shape index (κ1) is 10.7. The maximum atomic E-state index is 5.63. The second kappa shape index (κ2) is 5.31. The van der Waals surface area contributed by atoms with Gasteiger partial charge in [0.1, 0.15) is 0 Å². The Kier molecular flexibility index (Phi) is 3.78. The maximum absolute atomic E-state index is 5.63. The molecule has 0 N–H and O–H groups in total. The quantitative estimate of drug-likeness (QED) is 0.795. The Morgan fingerprint density at radius 2 is 2.00 bits per heavy atom. The van der Waals surface area contributed by atoms with Gasteiger partial charge in [-0.3, -0.25) is 0 Å². The Labute approximate surface area is 94.8 Å². The maximum Gasteiger partial charge on any atom is 0.233 e. The summed E-state index contributed by atoms with van der Waals surface area (Å²) in [7, 11) is 0. The zero-order valence-corrected chi connectivity index (χ0v) is 9.41. The molecule has 1 aliphatic rings. The summed E-state index contributed by atoms with van der Waals surface area (Å²) >= 11 is 5.63. The van der Waals surface area contributed by atoms with E-state index in [0.29, 0.717) is 17.0 Å². The fourth-order valence-corrected chi connectivity index (χ4v) is 2.04. The first-order valence-electron chi connectivity index (χ1n) is 5.46. The molecule has 0 atom stereocenters. The van der Waals surface area contributed by atoms with E-state index in [1.807, 2.05) is 0 Å². The van der Waals surface area contributed by atoms with E-state index in [2.05, 4.69) is 10.2 Å².